The second-order valence-electron chi connectivity index (χ2n) is 5.49. The second kappa shape index (κ2) is 4.56. The molecule has 2 fully saturated rings. The smallest absolute Gasteiger partial charge is 0.325 e. The van der Waals surface area contributed by atoms with Crippen molar-refractivity contribution < 1.29 is 19.1 Å². The summed E-state index contributed by atoms with van der Waals surface area (Å²) in [5.41, 5.74) is -0.277. The lowest BCUT2D eigenvalue weighted by Crippen LogP contribution is -2.57. The van der Waals surface area contributed by atoms with Gasteiger partial charge >= 0.3 is 6.03 Å². The minimum Gasteiger partial charge on any atom is -0.396 e. The fraction of sp³-hybridized carbons (Fsp3) is 0.429. The zero-order chi connectivity index (χ0) is 14.3. The lowest BCUT2D eigenvalue weighted by molar-refractivity contribution is -0.137. The van der Waals surface area contributed by atoms with Gasteiger partial charge in [-0.2, -0.15) is 0 Å². The number of aliphatic hydroxyl groups excluding tert-OH is 1. The first-order chi connectivity index (χ1) is 9.54. The molecule has 3 amide bonds. The summed E-state index contributed by atoms with van der Waals surface area (Å²) in [7, 11) is 0. The third-order valence-corrected chi connectivity index (χ3v) is 4.01. The lowest BCUT2D eigenvalue weighted by atomic mass is 9.68. The summed E-state index contributed by atoms with van der Waals surface area (Å²) < 4.78 is 13.1. The van der Waals surface area contributed by atoms with Crippen molar-refractivity contribution in [1.29, 1.82) is 0 Å². The molecule has 2 aliphatic rings. The van der Waals surface area contributed by atoms with E-state index in [4.69, 9.17) is 5.11 Å². The van der Waals surface area contributed by atoms with Gasteiger partial charge in [-0.3, -0.25) is 9.69 Å². The first kappa shape index (κ1) is 13.1. The summed E-state index contributed by atoms with van der Waals surface area (Å²) in [6, 6.07) is 5.39. The molecular formula is C14H15FN2O3. The molecule has 0 atom stereocenters. The van der Waals surface area contributed by atoms with Gasteiger partial charge in [0.05, 0.1) is 6.54 Å². The highest BCUT2D eigenvalue weighted by molar-refractivity contribution is 6.07. The summed E-state index contributed by atoms with van der Waals surface area (Å²) in [6.45, 7) is 0.0861. The number of hydrogen-bond donors (Lipinski definition) is 2. The average Bonchev–Trinajstić information content (AvgIpc) is 2.61. The Morgan fingerprint density at radius 3 is 2.80 bits per heavy atom. The SMILES string of the molecule is O=C1NC2(CC(CO)C2)C(=O)N1Cc1cccc(F)c1. The maximum absolute atomic E-state index is 13.1. The van der Waals surface area contributed by atoms with Gasteiger partial charge in [-0.05, 0) is 36.5 Å². The van der Waals surface area contributed by atoms with E-state index in [2.05, 4.69) is 5.32 Å². The van der Waals surface area contributed by atoms with Crippen molar-refractivity contribution in [1.82, 2.24) is 10.2 Å². The minimum absolute atomic E-state index is 0.0226. The molecule has 6 heteroatoms. The van der Waals surface area contributed by atoms with E-state index in [-0.39, 0.29) is 25.0 Å². The highest BCUT2D eigenvalue weighted by Crippen LogP contribution is 2.42. The number of imide groups is 1. The second-order valence-corrected chi connectivity index (χ2v) is 5.49. The average molecular weight is 278 g/mol. The maximum Gasteiger partial charge on any atom is 0.325 e. The number of aliphatic hydroxyl groups is 1. The molecule has 1 aliphatic carbocycles. The highest BCUT2D eigenvalue weighted by atomic mass is 19.1. The Balaban J connectivity index is 1.75. The minimum atomic E-state index is -0.849. The van der Waals surface area contributed by atoms with E-state index in [0.29, 0.717) is 18.4 Å². The third-order valence-electron chi connectivity index (χ3n) is 4.01. The van der Waals surface area contributed by atoms with Crippen molar-refractivity contribution in [3.63, 3.8) is 0 Å². The number of halogens is 1. The van der Waals surface area contributed by atoms with E-state index in [1.54, 1.807) is 12.1 Å². The van der Waals surface area contributed by atoms with Crippen LogP contribution in [0.4, 0.5) is 9.18 Å². The van der Waals surface area contributed by atoms with E-state index < -0.39 is 17.4 Å². The number of urea groups is 1. The van der Waals surface area contributed by atoms with Crippen molar-refractivity contribution in [3.05, 3.63) is 35.6 Å². The van der Waals surface area contributed by atoms with Gasteiger partial charge in [-0.25, -0.2) is 9.18 Å². The summed E-state index contributed by atoms with van der Waals surface area (Å²) in [5.74, 6) is -0.613. The number of hydrogen-bond acceptors (Lipinski definition) is 3. The molecule has 0 aromatic heterocycles. The number of nitrogens with zero attached hydrogens (tertiary/aromatic N) is 1. The Morgan fingerprint density at radius 2 is 2.15 bits per heavy atom. The fourth-order valence-corrected chi connectivity index (χ4v) is 2.97. The van der Waals surface area contributed by atoms with E-state index in [9.17, 15) is 14.0 Å². The van der Waals surface area contributed by atoms with Crippen molar-refractivity contribution >= 4 is 11.9 Å². The van der Waals surface area contributed by atoms with Crippen molar-refractivity contribution in [2.75, 3.05) is 6.61 Å². The number of rotatable bonds is 3. The Bertz CT molecular complexity index is 569. The zero-order valence-electron chi connectivity index (χ0n) is 10.8. The lowest BCUT2D eigenvalue weighted by Gasteiger charge is -2.41. The number of amides is 3. The normalized spacial score (nSPS) is 28.7. The number of benzene rings is 1. The molecule has 106 valence electrons. The number of nitrogens with one attached hydrogen (secondary N) is 1. The van der Waals surface area contributed by atoms with Crippen LogP contribution in [0.5, 0.6) is 0 Å². The molecule has 1 saturated heterocycles. The van der Waals surface area contributed by atoms with Crippen LogP contribution in [0.1, 0.15) is 18.4 Å². The molecule has 1 aliphatic heterocycles. The molecule has 2 N–H and O–H groups in total. The van der Waals surface area contributed by atoms with Gasteiger partial charge in [-0.15, -0.1) is 0 Å². The topological polar surface area (TPSA) is 69.6 Å². The van der Waals surface area contributed by atoms with Crippen LogP contribution < -0.4 is 5.32 Å². The van der Waals surface area contributed by atoms with Gasteiger partial charge in [0.15, 0.2) is 0 Å². The van der Waals surface area contributed by atoms with Crippen LogP contribution in [0.15, 0.2) is 24.3 Å². The quantitative estimate of drug-likeness (QED) is 0.811. The summed E-state index contributed by atoms with van der Waals surface area (Å²) in [4.78, 5) is 25.4. The van der Waals surface area contributed by atoms with Gasteiger partial charge in [0.2, 0.25) is 0 Å². The maximum atomic E-state index is 13.1. The van der Waals surface area contributed by atoms with Crippen molar-refractivity contribution in [2.45, 2.75) is 24.9 Å². The first-order valence-corrected chi connectivity index (χ1v) is 6.53. The van der Waals surface area contributed by atoms with Gasteiger partial charge in [0.1, 0.15) is 11.4 Å². The molecule has 1 saturated carbocycles. The predicted molar refractivity (Wildman–Crippen MR) is 68.0 cm³/mol. The standard InChI is InChI=1S/C14H15FN2O3/c15-11-3-1-2-9(4-11)7-17-12(19)14(16-13(17)20)5-10(6-14)8-18/h1-4,10,18H,5-8H2,(H,16,20). The number of carbonyl (C=O) groups excluding carboxylic acids is 2. The van der Waals surface area contributed by atoms with E-state index in [1.807, 2.05) is 0 Å². The van der Waals surface area contributed by atoms with Crippen LogP contribution in [0, 0.1) is 11.7 Å². The largest absolute Gasteiger partial charge is 0.396 e. The molecule has 0 unspecified atom stereocenters. The molecule has 1 spiro atoms. The Morgan fingerprint density at radius 1 is 1.40 bits per heavy atom. The van der Waals surface area contributed by atoms with Crippen LogP contribution in [0.3, 0.4) is 0 Å². The molecule has 3 rings (SSSR count). The Kier molecular flexibility index (Phi) is 2.97. The summed E-state index contributed by atoms with van der Waals surface area (Å²) in [6.07, 6.45) is 0.932. The van der Waals surface area contributed by atoms with E-state index in [0.717, 1.165) is 4.90 Å². The molecular weight excluding hydrogens is 263 g/mol. The van der Waals surface area contributed by atoms with Crippen molar-refractivity contribution in [3.8, 4) is 0 Å². The molecule has 0 radical (unpaired) electrons. The molecule has 20 heavy (non-hydrogen) atoms. The van der Waals surface area contributed by atoms with Crippen LogP contribution in [-0.4, -0.2) is 34.1 Å². The summed E-state index contributed by atoms with van der Waals surface area (Å²) >= 11 is 0. The molecule has 5 nitrogen and oxygen atoms in total. The molecule has 1 aromatic carbocycles. The Labute approximate surface area is 115 Å². The van der Waals surface area contributed by atoms with Crippen LogP contribution >= 0.6 is 0 Å². The first-order valence-electron chi connectivity index (χ1n) is 6.53. The third kappa shape index (κ3) is 1.96. The van der Waals surface area contributed by atoms with Crippen LogP contribution in [-0.2, 0) is 11.3 Å². The molecule has 0 bridgehead atoms. The highest BCUT2D eigenvalue weighted by Gasteiger charge is 2.58. The molecule has 1 heterocycles. The number of carbonyl (C=O) groups is 2. The monoisotopic (exact) mass is 278 g/mol. The Hall–Kier alpha value is -1.95. The van der Waals surface area contributed by atoms with Crippen molar-refractivity contribution in [2.24, 2.45) is 5.92 Å². The fourth-order valence-electron chi connectivity index (χ4n) is 2.97. The van der Waals surface area contributed by atoms with Gasteiger partial charge < -0.3 is 10.4 Å². The summed E-state index contributed by atoms with van der Waals surface area (Å²) in [5, 5.41) is 11.7. The van der Waals surface area contributed by atoms with Crippen LogP contribution in [0.2, 0.25) is 0 Å². The molecule has 1 aromatic rings. The van der Waals surface area contributed by atoms with E-state index in [1.165, 1.54) is 12.1 Å². The van der Waals surface area contributed by atoms with E-state index >= 15 is 0 Å². The predicted octanol–water partition coefficient (Wildman–Crippen LogP) is 1.02. The van der Waals surface area contributed by atoms with Gasteiger partial charge in [0, 0.05) is 6.61 Å². The van der Waals surface area contributed by atoms with Gasteiger partial charge in [0.25, 0.3) is 5.91 Å². The van der Waals surface area contributed by atoms with Crippen LogP contribution in [0.25, 0.3) is 0 Å². The zero-order valence-corrected chi connectivity index (χ0v) is 10.8. The van der Waals surface area contributed by atoms with Gasteiger partial charge in [-0.1, -0.05) is 12.1 Å².